The van der Waals surface area contributed by atoms with Crippen molar-refractivity contribution in [1.82, 2.24) is 8.87 Å². The molecule has 0 aliphatic carbocycles. The van der Waals surface area contributed by atoms with Gasteiger partial charge in [0.15, 0.2) is 4.80 Å². The molecule has 2 heterocycles. The summed E-state index contributed by atoms with van der Waals surface area (Å²) < 4.78 is 45.6. The Morgan fingerprint density at radius 2 is 1.73 bits per heavy atom. The Kier molecular flexibility index (Phi) is 8.87. The van der Waals surface area contributed by atoms with Crippen molar-refractivity contribution in [2.75, 3.05) is 46.1 Å². The lowest BCUT2D eigenvalue weighted by atomic mass is 10.2. The van der Waals surface area contributed by atoms with Crippen molar-refractivity contribution >= 4 is 43.5 Å². The van der Waals surface area contributed by atoms with Gasteiger partial charge in [-0.1, -0.05) is 11.3 Å². The SMILES string of the molecule is CCOCCn1c(=NC(=O)c2ccc(S(=O)(=O)N3CCOCC3)cc2)sc2cc(C(=O)OCC)ccc21. The number of benzene rings is 2. The molecule has 198 valence electrons. The first-order valence-electron chi connectivity index (χ1n) is 12.0. The summed E-state index contributed by atoms with van der Waals surface area (Å²) in [4.78, 5) is 30.1. The first-order valence-corrected chi connectivity index (χ1v) is 14.3. The zero-order valence-electron chi connectivity index (χ0n) is 20.7. The Hall–Kier alpha value is -2.90. The minimum absolute atomic E-state index is 0.117. The molecule has 3 aromatic rings. The largest absolute Gasteiger partial charge is 0.462 e. The maximum atomic E-state index is 13.0. The van der Waals surface area contributed by atoms with Crippen LogP contribution >= 0.6 is 11.3 Å². The quantitative estimate of drug-likeness (QED) is 0.299. The summed E-state index contributed by atoms with van der Waals surface area (Å²) in [6.07, 6.45) is 0. The average Bonchev–Trinajstić information content (AvgIpc) is 3.25. The fourth-order valence-electron chi connectivity index (χ4n) is 3.87. The number of carbonyl (C=O) groups is 2. The van der Waals surface area contributed by atoms with Gasteiger partial charge in [0, 0.05) is 31.8 Å². The summed E-state index contributed by atoms with van der Waals surface area (Å²) >= 11 is 1.28. The zero-order chi connectivity index (χ0) is 26.4. The summed E-state index contributed by atoms with van der Waals surface area (Å²) in [5, 5.41) is 0. The van der Waals surface area contributed by atoms with E-state index in [-0.39, 0.29) is 17.1 Å². The van der Waals surface area contributed by atoms with Crippen LogP contribution in [0.1, 0.15) is 34.6 Å². The predicted octanol–water partition coefficient (Wildman–Crippen LogP) is 2.68. The molecule has 4 rings (SSSR count). The van der Waals surface area contributed by atoms with Crippen molar-refractivity contribution < 1.29 is 32.2 Å². The normalized spacial score (nSPS) is 15.2. The number of hydrogen-bond acceptors (Lipinski definition) is 8. The number of aromatic nitrogens is 1. The van der Waals surface area contributed by atoms with Crippen molar-refractivity contribution in [2.24, 2.45) is 4.99 Å². The molecule has 0 N–H and O–H groups in total. The maximum Gasteiger partial charge on any atom is 0.338 e. The van der Waals surface area contributed by atoms with Gasteiger partial charge in [0.05, 0.1) is 47.1 Å². The van der Waals surface area contributed by atoms with E-state index in [0.717, 1.165) is 10.2 Å². The molecule has 0 unspecified atom stereocenters. The monoisotopic (exact) mass is 547 g/mol. The molecule has 1 aromatic heterocycles. The van der Waals surface area contributed by atoms with Gasteiger partial charge in [0.25, 0.3) is 5.91 Å². The molecule has 1 amide bonds. The molecule has 37 heavy (non-hydrogen) atoms. The lowest BCUT2D eigenvalue weighted by Crippen LogP contribution is -2.40. The molecule has 1 aliphatic heterocycles. The van der Waals surface area contributed by atoms with Gasteiger partial charge in [-0.3, -0.25) is 4.79 Å². The molecule has 10 nitrogen and oxygen atoms in total. The fourth-order valence-corrected chi connectivity index (χ4v) is 6.37. The molecule has 0 atom stereocenters. The molecule has 0 bridgehead atoms. The minimum atomic E-state index is -3.66. The second kappa shape index (κ2) is 12.1. The molecule has 2 aromatic carbocycles. The van der Waals surface area contributed by atoms with Crippen LogP contribution in [0.25, 0.3) is 10.2 Å². The Bertz CT molecular complexity index is 1440. The van der Waals surface area contributed by atoms with Gasteiger partial charge in [0.1, 0.15) is 0 Å². The molecule has 0 saturated carbocycles. The van der Waals surface area contributed by atoms with Crippen molar-refractivity contribution in [3.05, 3.63) is 58.4 Å². The number of amides is 1. The van der Waals surface area contributed by atoms with E-state index in [1.165, 1.54) is 39.9 Å². The van der Waals surface area contributed by atoms with E-state index in [0.29, 0.717) is 56.4 Å². The standard InChI is InChI=1S/C25H29N3O7S2/c1-3-33-16-13-28-21-10-7-19(24(30)35-4-2)17-22(21)36-25(28)26-23(29)18-5-8-20(9-6-18)37(31,32)27-11-14-34-15-12-27/h5-10,17H,3-4,11-16H2,1-2H3. The predicted molar refractivity (Wildman–Crippen MR) is 138 cm³/mol. The third-order valence-corrected chi connectivity index (χ3v) is 8.72. The van der Waals surface area contributed by atoms with Crippen LogP contribution in [0.5, 0.6) is 0 Å². The van der Waals surface area contributed by atoms with Gasteiger partial charge in [0.2, 0.25) is 10.0 Å². The molecule has 1 fully saturated rings. The third kappa shape index (κ3) is 6.16. The third-order valence-electron chi connectivity index (χ3n) is 5.76. The van der Waals surface area contributed by atoms with Crippen LogP contribution in [-0.4, -0.2) is 75.3 Å². The van der Waals surface area contributed by atoms with Crippen molar-refractivity contribution in [1.29, 1.82) is 0 Å². The number of rotatable bonds is 9. The summed E-state index contributed by atoms with van der Waals surface area (Å²) in [6.45, 7) is 6.68. The van der Waals surface area contributed by atoms with Gasteiger partial charge < -0.3 is 18.8 Å². The van der Waals surface area contributed by atoms with Crippen molar-refractivity contribution in [3.63, 3.8) is 0 Å². The molecule has 0 radical (unpaired) electrons. The lowest BCUT2D eigenvalue weighted by molar-refractivity contribution is 0.0526. The highest BCUT2D eigenvalue weighted by atomic mass is 32.2. The van der Waals surface area contributed by atoms with E-state index in [1.807, 2.05) is 11.5 Å². The van der Waals surface area contributed by atoms with Gasteiger partial charge >= 0.3 is 5.97 Å². The second-order valence-corrected chi connectivity index (χ2v) is 11.0. The first kappa shape index (κ1) is 27.1. The summed E-state index contributed by atoms with van der Waals surface area (Å²) in [6, 6.07) is 11.0. The van der Waals surface area contributed by atoms with Gasteiger partial charge in [-0.25, -0.2) is 13.2 Å². The van der Waals surface area contributed by atoms with Crippen LogP contribution in [-0.2, 0) is 30.8 Å². The Balaban J connectivity index is 1.65. The number of carbonyl (C=O) groups excluding carboxylic acids is 2. The lowest BCUT2D eigenvalue weighted by Gasteiger charge is -2.26. The maximum absolute atomic E-state index is 13.0. The highest BCUT2D eigenvalue weighted by molar-refractivity contribution is 7.89. The second-order valence-electron chi connectivity index (χ2n) is 8.09. The van der Waals surface area contributed by atoms with Gasteiger partial charge in [-0.05, 0) is 56.3 Å². The van der Waals surface area contributed by atoms with Crippen molar-refractivity contribution in [3.8, 4) is 0 Å². The molecular formula is C25H29N3O7S2. The van der Waals surface area contributed by atoms with Gasteiger partial charge in [-0.2, -0.15) is 9.30 Å². The van der Waals surface area contributed by atoms with Gasteiger partial charge in [-0.15, -0.1) is 0 Å². The average molecular weight is 548 g/mol. The number of thiazole rings is 1. The molecule has 12 heteroatoms. The minimum Gasteiger partial charge on any atom is -0.462 e. The van der Waals surface area contributed by atoms with Crippen LogP contribution < -0.4 is 4.80 Å². The zero-order valence-corrected chi connectivity index (χ0v) is 22.3. The highest BCUT2D eigenvalue weighted by Crippen LogP contribution is 2.21. The number of hydrogen-bond donors (Lipinski definition) is 0. The molecule has 0 spiro atoms. The van der Waals surface area contributed by atoms with Crippen molar-refractivity contribution in [2.45, 2.75) is 25.3 Å². The summed E-state index contributed by atoms with van der Waals surface area (Å²) in [5.74, 6) is -0.919. The van der Waals surface area contributed by atoms with Crippen LogP contribution in [0.3, 0.4) is 0 Å². The van der Waals surface area contributed by atoms with E-state index in [9.17, 15) is 18.0 Å². The molecule has 1 saturated heterocycles. The van der Waals surface area contributed by atoms with Crippen LogP contribution in [0.4, 0.5) is 0 Å². The topological polar surface area (TPSA) is 117 Å². The smallest absolute Gasteiger partial charge is 0.338 e. The molecule has 1 aliphatic rings. The number of fused-ring (bicyclic) bond motifs is 1. The fraction of sp³-hybridized carbons (Fsp3) is 0.400. The van der Waals surface area contributed by atoms with E-state index in [4.69, 9.17) is 14.2 Å². The van der Waals surface area contributed by atoms with Crippen LogP contribution in [0.2, 0.25) is 0 Å². The highest BCUT2D eigenvalue weighted by Gasteiger charge is 2.26. The van der Waals surface area contributed by atoms with Crippen LogP contribution in [0, 0.1) is 0 Å². The van der Waals surface area contributed by atoms with Crippen LogP contribution in [0.15, 0.2) is 52.4 Å². The Morgan fingerprint density at radius 1 is 1.03 bits per heavy atom. The summed E-state index contributed by atoms with van der Waals surface area (Å²) in [7, 11) is -3.66. The van der Waals surface area contributed by atoms with E-state index < -0.39 is 21.9 Å². The summed E-state index contributed by atoms with van der Waals surface area (Å²) in [5.41, 5.74) is 1.50. The van der Waals surface area contributed by atoms with E-state index >= 15 is 0 Å². The Labute approximate surface area is 219 Å². The van der Waals surface area contributed by atoms with E-state index in [1.54, 1.807) is 25.1 Å². The number of esters is 1. The first-order chi connectivity index (χ1) is 17.8. The Morgan fingerprint density at radius 3 is 2.41 bits per heavy atom. The number of ether oxygens (including phenoxy) is 3. The number of sulfonamides is 1. The number of nitrogens with zero attached hydrogens (tertiary/aromatic N) is 3. The number of morpholine rings is 1. The molecular weight excluding hydrogens is 518 g/mol. The van der Waals surface area contributed by atoms with E-state index in [2.05, 4.69) is 4.99 Å².